The Hall–Kier alpha value is -1.26. The zero-order valence-electron chi connectivity index (χ0n) is 8.48. The molecule has 80 valence electrons. The number of nitrogens with zero attached hydrogens (tertiary/aromatic N) is 1. The van der Waals surface area contributed by atoms with Crippen molar-refractivity contribution in [3.63, 3.8) is 0 Å². The second-order valence-corrected chi connectivity index (χ2v) is 3.79. The zero-order chi connectivity index (χ0) is 10.1. The Balaban J connectivity index is 1.85. The third-order valence-electron chi connectivity index (χ3n) is 2.92. The molecular formula is C11H14N2O2. The van der Waals surface area contributed by atoms with E-state index in [9.17, 15) is 0 Å². The Morgan fingerprint density at radius 2 is 2.20 bits per heavy atom. The highest BCUT2D eigenvalue weighted by Gasteiger charge is 2.26. The van der Waals surface area contributed by atoms with Crippen LogP contribution in [0.2, 0.25) is 0 Å². The van der Waals surface area contributed by atoms with Gasteiger partial charge < -0.3 is 14.5 Å². The summed E-state index contributed by atoms with van der Waals surface area (Å²) in [4.78, 5) is 2.38. The van der Waals surface area contributed by atoms with Crippen LogP contribution in [0.4, 0.5) is 0 Å². The molecule has 1 aromatic rings. The van der Waals surface area contributed by atoms with Gasteiger partial charge in [0.05, 0.1) is 19.5 Å². The fraction of sp³-hybridized carbons (Fsp3) is 0.455. The minimum absolute atomic E-state index is 0.243. The maximum absolute atomic E-state index is 5.39. The molecule has 2 aliphatic rings. The summed E-state index contributed by atoms with van der Waals surface area (Å²) >= 11 is 0. The van der Waals surface area contributed by atoms with Gasteiger partial charge in [-0.1, -0.05) is 0 Å². The molecule has 1 N–H and O–H groups in total. The molecule has 15 heavy (non-hydrogen) atoms. The predicted molar refractivity (Wildman–Crippen MR) is 56.0 cm³/mol. The predicted octanol–water partition coefficient (Wildman–Crippen LogP) is 1.18. The van der Waals surface area contributed by atoms with Gasteiger partial charge in [0.1, 0.15) is 11.9 Å². The molecule has 0 amide bonds. The molecule has 4 nitrogen and oxygen atoms in total. The molecule has 1 fully saturated rings. The van der Waals surface area contributed by atoms with Crippen molar-refractivity contribution in [3.05, 3.63) is 29.9 Å². The van der Waals surface area contributed by atoms with E-state index in [1.165, 1.54) is 5.56 Å². The smallest absolute Gasteiger partial charge is 0.134 e. The highest BCUT2D eigenvalue weighted by molar-refractivity contribution is 5.51. The van der Waals surface area contributed by atoms with Crippen LogP contribution < -0.4 is 5.32 Å². The molecule has 0 radical (unpaired) electrons. The Morgan fingerprint density at radius 3 is 3.07 bits per heavy atom. The lowest BCUT2D eigenvalue weighted by Gasteiger charge is -2.35. The largest absolute Gasteiger partial charge is 0.465 e. The fourth-order valence-corrected chi connectivity index (χ4v) is 2.13. The topological polar surface area (TPSA) is 37.6 Å². The number of fused-ring (bicyclic) bond motifs is 1. The molecule has 4 heteroatoms. The average Bonchev–Trinajstić information content (AvgIpc) is 2.78. The van der Waals surface area contributed by atoms with Crippen molar-refractivity contribution < 1.29 is 9.15 Å². The average molecular weight is 206 g/mol. The van der Waals surface area contributed by atoms with Gasteiger partial charge in [0.25, 0.3) is 0 Å². The first kappa shape index (κ1) is 9.00. The minimum atomic E-state index is 0.243. The van der Waals surface area contributed by atoms with Crippen molar-refractivity contribution in [2.45, 2.75) is 6.17 Å². The number of ether oxygens (including phenoxy) is 1. The van der Waals surface area contributed by atoms with Crippen LogP contribution in [0.15, 0.2) is 22.9 Å². The van der Waals surface area contributed by atoms with E-state index in [1.807, 2.05) is 18.3 Å². The second kappa shape index (κ2) is 3.72. The number of morpholine rings is 1. The SMILES string of the molecule is C1=Cc2occc2C(N2CCOCC2)N1. The van der Waals surface area contributed by atoms with E-state index in [2.05, 4.69) is 10.2 Å². The van der Waals surface area contributed by atoms with Crippen molar-refractivity contribution in [2.24, 2.45) is 0 Å². The molecule has 1 unspecified atom stereocenters. The molecule has 3 rings (SSSR count). The van der Waals surface area contributed by atoms with E-state index in [1.54, 1.807) is 6.26 Å². The van der Waals surface area contributed by atoms with Gasteiger partial charge in [0.2, 0.25) is 0 Å². The third-order valence-corrected chi connectivity index (χ3v) is 2.92. The van der Waals surface area contributed by atoms with Gasteiger partial charge in [-0.15, -0.1) is 0 Å². The van der Waals surface area contributed by atoms with Crippen molar-refractivity contribution >= 4 is 6.08 Å². The third kappa shape index (κ3) is 1.56. The van der Waals surface area contributed by atoms with Crippen LogP contribution in [0, 0.1) is 0 Å². The van der Waals surface area contributed by atoms with Gasteiger partial charge >= 0.3 is 0 Å². The lowest BCUT2D eigenvalue weighted by atomic mass is 10.1. The van der Waals surface area contributed by atoms with Crippen LogP contribution in [0.25, 0.3) is 6.08 Å². The number of hydrogen-bond acceptors (Lipinski definition) is 4. The highest BCUT2D eigenvalue weighted by atomic mass is 16.5. The number of nitrogens with one attached hydrogen (secondary N) is 1. The first-order valence-corrected chi connectivity index (χ1v) is 5.27. The van der Waals surface area contributed by atoms with Gasteiger partial charge in [-0.25, -0.2) is 0 Å². The zero-order valence-corrected chi connectivity index (χ0v) is 8.48. The van der Waals surface area contributed by atoms with Crippen molar-refractivity contribution in [3.8, 4) is 0 Å². The Bertz CT molecular complexity index is 366. The van der Waals surface area contributed by atoms with Crippen molar-refractivity contribution in [1.82, 2.24) is 10.2 Å². The maximum atomic E-state index is 5.39. The van der Waals surface area contributed by atoms with Crippen molar-refractivity contribution in [1.29, 1.82) is 0 Å². The Kier molecular flexibility index (Phi) is 2.23. The molecule has 1 aromatic heterocycles. The standard InChI is InChI=1S/C11H14N2O2/c1-3-12-11(9-2-6-15-10(1)9)13-4-7-14-8-5-13/h1-3,6,11-12H,4-5,7-8H2. The lowest BCUT2D eigenvalue weighted by Crippen LogP contribution is -2.44. The molecule has 0 bridgehead atoms. The minimum Gasteiger partial charge on any atom is -0.465 e. The summed E-state index contributed by atoms with van der Waals surface area (Å²) in [6.45, 7) is 3.57. The molecular weight excluding hydrogens is 192 g/mol. The summed E-state index contributed by atoms with van der Waals surface area (Å²) in [5, 5.41) is 3.36. The lowest BCUT2D eigenvalue weighted by molar-refractivity contribution is 0.0109. The maximum Gasteiger partial charge on any atom is 0.134 e. The monoisotopic (exact) mass is 206 g/mol. The number of furan rings is 1. The second-order valence-electron chi connectivity index (χ2n) is 3.79. The fourth-order valence-electron chi connectivity index (χ4n) is 2.13. The molecule has 0 aliphatic carbocycles. The van der Waals surface area contributed by atoms with Crippen LogP contribution in [0.5, 0.6) is 0 Å². The molecule has 0 saturated carbocycles. The summed E-state index contributed by atoms with van der Waals surface area (Å²) in [5.74, 6) is 0.963. The van der Waals surface area contributed by atoms with Crippen LogP contribution >= 0.6 is 0 Å². The van der Waals surface area contributed by atoms with Gasteiger partial charge in [-0.3, -0.25) is 4.90 Å². The van der Waals surface area contributed by atoms with E-state index in [0.717, 1.165) is 32.1 Å². The van der Waals surface area contributed by atoms with E-state index < -0.39 is 0 Å². The van der Waals surface area contributed by atoms with Gasteiger partial charge in [0.15, 0.2) is 0 Å². The van der Waals surface area contributed by atoms with E-state index in [4.69, 9.17) is 9.15 Å². The van der Waals surface area contributed by atoms with Crippen LogP contribution in [0.1, 0.15) is 17.5 Å². The first-order valence-electron chi connectivity index (χ1n) is 5.27. The molecule has 0 spiro atoms. The van der Waals surface area contributed by atoms with E-state index in [-0.39, 0.29) is 6.17 Å². The Labute approximate surface area is 88.5 Å². The highest BCUT2D eigenvalue weighted by Crippen LogP contribution is 2.27. The molecule has 1 atom stereocenters. The van der Waals surface area contributed by atoms with E-state index in [0.29, 0.717) is 0 Å². The molecule has 0 aromatic carbocycles. The molecule has 3 heterocycles. The summed E-state index contributed by atoms with van der Waals surface area (Å²) in [7, 11) is 0. The molecule has 1 saturated heterocycles. The van der Waals surface area contributed by atoms with Crippen LogP contribution in [0.3, 0.4) is 0 Å². The van der Waals surface area contributed by atoms with Crippen LogP contribution in [-0.4, -0.2) is 31.2 Å². The first-order chi connectivity index (χ1) is 7.45. The van der Waals surface area contributed by atoms with Gasteiger partial charge in [-0.05, 0) is 12.1 Å². The summed E-state index contributed by atoms with van der Waals surface area (Å²) in [6.07, 6.45) is 5.90. The van der Waals surface area contributed by atoms with Gasteiger partial charge in [0, 0.05) is 24.9 Å². The molecule has 2 aliphatic heterocycles. The number of hydrogen-bond donors (Lipinski definition) is 1. The summed E-state index contributed by atoms with van der Waals surface area (Å²) in [6, 6.07) is 2.03. The van der Waals surface area contributed by atoms with Crippen LogP contribution in [-0.2, 0) is 4.74 Å². The number of rotatable bonds is 1. The normalized spacial score (nSPS) is 26.0. The van der Waals surface area contributed by atoms with Crippen molar-refractivity contribution in [2.75, 3.05) is 26.3 Å². The van der Waals surface area contributed by atoms with Gasteiger partial charge in [-0.2, -0.15) is 0 Å². The quantitative estimate of drug-likeness (QED) is 0.749. The van der Waals surface area contributed by atoms with E-state index >= 15 is 0 Å². The summed E-state index contributed by atoms with van der Waals surface area (Å²) in [5.41, 5.74) is 1.22. The summed E-state index contributed by atoms with van der Waals surface area (Å²) < 4.78 is 10.7. The Morgan fingerprint density at radius 1 is 1.33 bits per heavy atom.